The van der Waals surface area contributed by atoms with Gasteiger partial charge in [0.2, 0.25) is 0 Å². The summed E-state index contributed by atoms with van der Waals surface area (Å²) in [6, 6.07) is 13.0. The van der Waals surface area contributed by atoms with Gasteiger partial charge in [-0.25, -0.2) is 14.8 Å². The van der Waals surface area contributed by atoms with Gasteiger partial charge in [0.05, 0.1) is 24.9 Å². The minimum atomic E-state index is -0.491. The van der Waals surface area contributed by atoms with Gasteiger partial charge < -0.3 is 24.2 Å². The zero-order chi connectivity index (χ0) is 22.5. The third kappa shape index (κ3) is 4.91. The van der Waals surface area contributed by atoms with E-state index >= 15 is 0 Å². The zero-order valence-electron chi connectivity index (χ0n) is 18.3. The third-order valence-electron chi connectivity index (χ3n) is 5.05. The molecule has 2 heterocycles. The Bertz CT molecular complexity index is 1170. The molecule has 0 bridgehead atoms. The Morgan fingerprint density at radius 1 is 1.22 bits per heavy atom. The molecule has 0 aliphatic heterocycles. The largest absolute Gasteiger partial charge is 0.494 e. The number of nitrogens with one attached hydrogen (secondary N) is 2. The van der Waals surface area contributed by atoms with Gasteiger partial charge in [-0.15, -0.1) is 0 Å². The number of amides is 1. The van der Waals surface area contributed by atoms with Gasteiger partial charge in [-0.05, 0) is 30.0 Å². The van der Waals surface area contributed by atoms with Crippen molar-refractivity contribution in [3.8, 4) is 17.1 Å². The molecule has 1 amide bonds. The van der Waals surface area contributed by atoms with Gasteiger partial charge in [0, 0.05) is 5.56 Å². The van der Waals surface area contributed by atoms with E-state index in [1.807, 2.05) is 42.5 Å². The molecule has 0 radical (unpaired) electrons. The van der Waals surface area contributed by atoms with Gasteiger partial charge in [-0.2, -0.15) is 0 Å². The summed E-state index contributed by atoms with van der Waals surface area (Å²) < 4.78 is 16.4. The summed E-state index contributed by atoms with van der Waals surface area (Å²) in [5, 5.41) is 2.95. The van der Waals surface area contributed by atoms with Crippen LogP contribution in [0.5, 0.6) is 5.75 Å². The van der Waals surface area contributed by atoms with E-state index in [0.29, 0.717) is 35.2 Å². The van der Waals surface area contributed by atoms with Crippen LogP contribution in [0.4, 0.5) is 4.79 Å². The number of aromatic nitrogens is 3. The van der Waals surface area contributed by atoms with Gasteiger partial charge >= 0.3 is 6.09 Å². The summed E-state index contributed by atoms with van der Waals surface area (Å²) in [6.07, 6.45) is 3.23. The van der Waals surface area contributed by atoms with E-state index in [9.17, 15) is 4.79 Å². The van der Waals surface area contributed by atoms with Crippen LogP contribution in [0.25, 0.3) is 22.4 Å². The van der Waals surface area contributed by atoms with E-state index < -0.39 is 6.09 Å². The Kier molecular flexibility index (Phi) is 6.39. The van der Waals surface area contributed by atoms with Gasteiger partial charge in [0.15, 0.2) is 12.2 Å². The molecular formula is C24H26N4O4. The Labute approximate surface area is 186 Å². The highest BCUT2D eigenvalue weighted by Gasteiger charge is 2.22. The van der Waals surface area contributed by atoms with E-state index in [2.05, 4.69) is 29.1 Å². The fraction of sp³-hybridized carbons (Fsp3) is 0.292. The standard InChI is InChI=1S/C24H26N4O4/c1-15(2)9-19(27-24(29)31-13-16-7-5-4-6-8-16)23-26-18-10-17(21-12-25-14-32-21)11-20(30-3)22(18)28-23/h4-8,10-12,14-15,19H,9,13H2,1-3H3,(H,26,28)(H,27,29)/t19-/m1/s1. The molecule has 0 fully saturated rings. The van der Waals surface area contributed by atoms with Crippen LogP contribution >= 0.6 is 0 Å². The van der Waals surface area contributed by atoms with Crippen molar-refractivity contribution in [3.05, 3.63) is 66.4 Å². The molecule has 1 atom stereocenters. The van der Waals surface area contributed by atoms with Crippen molar-refractivity contribution in [2.24, 2.45) is 5.92 Å². The molecule has 2 N–H and O–H groups in total. The van der Waals surface area contributed by atoms with E-state index in [1.54, 1.807) is 13.3 Å². The Morgan fingerprint density at radius 2 is 2.03 bits per heavy atom. The highest BCUT2D eigenvalue weighted by molar-refractivity contribution is 5.87. The second kappa shape index (κ2) is 9.55. The average molecular weight is 434 g/mol. The van der Waals surface area contributed by atoms with Crippen LogP contribution in [0.2, 0.25) is 0 Å². The van der Waals surface area contributed by atoms with Crippen LogP contribution in [-0.4, -0.2) is 28.2 Å². The summed E-state index contributed by atoms with van der Waals surface area (Å²) in [7, 11) is 1.60. The average Bonchev–Trinajstić information content (AvgIpc) is 3.47. The number of H-pyrrole nitrogens is 1. The molecular weight excluding hydrogens is 408 g/mol. The molecule has 2 aromatic heterocycles. The zero-order valence-corrected chi connectivity index (χ0v) is 18.3. The Morgan fingerprint density at radius 3 is 2.72 bits per heavy atom. The number of carbonyl (C=O) groups is 1. The molecule has 0 spiro atoms. The molecule has 0 saturated carbocycles. The van der Waals surface area contributed by atoms with Gasteiger partial charge in [-0.3, -0.25) is 0 Å². The molecule has 0 aliphatic carbocycles. The van der Waals surface area contributed by atoms with E-state index in [-0.39, 0.29) is 12.6 Å². The number of oxazole rings is 1. The Hall–Kier alpha value is -3.81. The molecule has 8 nitrogen and oxygen atoms in total. The molecule has 0 aliphatic rings. The van der Waals surface area contributed by atoms with E-state index in [0.717, 1.165) is 16.6 Å². The maximum atomic E-state index is 12.5. The predicted octanol–water partition coefficient (Wildman–Crippen LogP) is 5.24. The molecule has 0 unspecified atom stereocenters. The number of carbonyl (C=O) groups excluding carboxylic acids is 1. The molecule has 0 saturated heterocycles. The van der Waals surface area contributed by atoms with Crippen LogP contribution < -0.4 is 10.1 Å². The second-order valence-corrected chi connectivity index (χ2v) is 7.95. The number of hydrogen-bond acceptors (Lipinski definition) is 6. The first-order valence-corrected chi connectivity index (χ1v) is 10.5. The van der Waals surface area contributed by atoms with Crippen molar-refractivity contribution >= 4 is 17.1 Å². The van der Waals surface area contributed by atoms with Gasteiger partial charge in [0.25, 0.3) is 0 Å². The lowest BCUT2D eigenvalue weighted by Crippen LogP contribution is -2.30. The molecule has 32 heavy (non-hydrogen) atoms. The number of methoxy groups -OCH3 is 1. The van der Waals surface area contributed by atoms with Crippen molar-refractivity contribution in [1.29, 1.82) is 0 Å². The van der Waals surface area contributed by atoms with Crippen molar-refractivity contribution in [3.63, 3.8) is 0 Å². The number of benzene rings is 2. The van der Waals surface area contributed by atoms with E-state index in [4.69, 9.17) is 18.9 Å². The van der Waals surface area contributed by atoms with Gasteiger partial charge in [-0.1, -0.05) is 44.2 Å². The summed E-state index contributed by atoms with van der Waals surface area (Å²) in [5.41, 5.74) is 3.20. The van der Waals surface area contributed by atoms with Crippen LogP contribution in [-0.2, 0) is 11.3 Å². The number of rotatable bonds is 8. The fourth-order valence-corrected chi connectivity index (χ4v) is 3.54. The monoisotopic (exact) mass is 434 g/mol. The molecule has 4 aromatic rings. The van der Waals surface area contributed by atoms with Gasteiger partial charge in [0.1, 0.15) is 23.7 Å². The smallest absolute Gasteiger partial charge is 0.408 e. The quantitative estimate of drug-likeness (QED) is 0.393. The summed E-state index contributed by atoms with van der Waals surface area (Å²) in [5.74, 6) is 2.20. The number of alkyl carbamates (subject to hydrolysis) is 1. The summed E-state index contributed by atoms with van der Waals surface area (Å²) in [6.45, 7) is 4.39. The normalized spacial score (nSPS) is 12.1. The van der Waals surface area contributed by atoms with E-state index in [1.165, 1.54) is 6.39 Å². The molecule has 166 valence electrons. The lowest BCUT2D eigenvalue weighted by molar-refractivity contribution is 0.134. The third-order valence-corrected chi connectivity index (χ3v) is 5.05. The number of aromatic amines is 1. The highest BCUT2D eigenvalue weighted by atomic mass is 16.5. The fourth-order valence-electron chi connectivity index (χ4n) is 3.54. The summed E-state index contributed by atoms with van der Waals surface area (Å²) >= 11 is 0. The van der Waals surface area contributed by atoms with Crippen LogP contribution in [0.1, 0.15) is 37.7 Å². The minimum absolute atomic E-state index is 0.204. The first-order valence-electron chi connectivity index (χ1n) is 10.5. The first kappa shape index (κ1) is 21.4. The first-order chi connectivity index (χ1) is 15.5. The maximum Gasteiger partial charge on any atom is 0.408 e. The Balaban J connectivity index is 1.58. The second-order valence-electron chi connectivity index (χ2n) is 7.95. The van der Waals surface area contributed by atoms with Crippen LogP contribution in [0.15, 0.2) is 59.5 Å². The van der Waals surface area contributed by atoms with Crippen molar-refractivity contribution < 1.29 is 18.7 Å². The van der Waals surface area contributed by atoms with Crippen LogP contribution in [0.3, 0.4) is 0 Å². The van der Waals surface area contributed by atoms with Crippen molar-refractivity contribution in [2.45, 2.75) is 32.9 Å². The van der Waals surface area contributed by atoms with Crippen molar-refractivity contribution in [2.75, 3.05) is 7.11 Å². The lowest BCUT2D eigenvalue weighted by Gasteiger charge is -2.18. The minimum Gasteiger partial charge on any atom is -0.494 e. The number of ether oxygens (including phenoxy) is 2. The number of fused-ring (bicyclic) bond motifs is 1. The van der Waals surface area contributed by atoms with Crippen molar-refractivity contribution in [1.82, 2.24) is 20.3 Å². The molecule has 2 aromatic carbocycles. The molecule has 8 heteroatoms. The number of hydrogen-bond donors (Lipinski definition) is 2. The number of imidazole rings is 1. The number of nitrogens with zero attached hydrogens (tertiary/aromatic N) is 2. The topological polar surface area (TPSA) is 102 Å². The molecule has 4 rings (SSSR count). The summed E-state index contributed by atoms with van der Waals surface area (Å²) in [4.78, 5) is 24.6. The lowest BCUT2D eigenvalue weighted by atomic mass is 10.0. The highest BCUT2D eigenvalue weighted by Crippen LogP contribution is 2.33. The predicted molar refractivity (Wildman–Crippen MR) is 120 cm³/mol. The maximum absolute atomic E-state index is 12.5. The SMILES string of the molecule is COc1cc(-c2cnco2)cc2[nH]c([C@@H](CC(C)C)NC(=O)OCc3ccccc3)nc12. The van der Waals surface area contributed by atoms with Crippen LogP contribution in [0, 0.1) is 5.92 Å².